The Balaban J connectivity index is 1.82. The second kappa shape index (κ2) is 13.3. The number of nitrogens with zero attached hydrogens (tertiary/aromatic N) is 7. The molecule has 1 amide bonds. The van der Waals surface area contributed by atoms with Gasteiger partial charge in [0, 0.05) is 62.9 Å². The zero-order chi connectivity index (χ0) is 31.3. The molecule has 0 bridgehead atoms. The highest BCUT2D eigenvalue weighted by Crippen LogP contribution is 2.36. The van der Waals surface area contributed by atoms with Gasteiger partial charge < -0.3 is 34.5 Å². The fraction of sp³-hybridized carbons (Fsp3) is 0.333. The van der Waals surface area contributed by atoms with E-state index < -0.39 is 11.9 Å². The number of ether oxygens (including phenoxy) is 2. The summed E-state index contributed by atoms with van der Waals surface area (Å²) < 4.78 is 13.1. The molecule has 0 aliphatic rings. The lowest BCUT2D eigenvalue weighted by atomic mass is 10.1. The Hall–Kier alpha value is -5.04. The average Bonchev–Trinajstić information content (AvgIpc) is 3.31. The fourth-order valence-corrected chi connectivity index (χ4v) is 4.37. The molecular weight excluding hydrogens is 550 g/mol. The molecule has 0 spiro atoms. The SMILES string of the molecule is C=CC(=O)Nc1cc(Nc2ncc(C(=O)OC(C)C)c(-c3cn(C)c4ccncc34)n2)c(OC)nc1N(C)CCN(C)C. The van der Waals surface area contributed by atoms with E-state index in [-0.39, 0.29) is 23.5 Å². The Morgan fingerprint density at radius 2 is 1.91 bits per heavy atom. The van der Waals surface area contributed by atoms with E-state index in [1.165, 1.54) is 19.4 Å². The number of anilines is 4. The van der Waals surface area contributed by atoms with Gasteiger partial charge in [0.2, 0.25) is 17.7 Å². The van der Waals surface area contributed by atoms with Crippen molar-refractivity contribution in [2.45, 2.75) is 20.0 Å². The first kappa shape index (κ1) is 30.9. The summed E-state index contributed by atoms with van der Waals surface area (Å²) in [5.41, 5.74) is 3.02. The van der Waals surface area contributed by atoms with Gasteiger partial charge in [-0.3, -0.25) is 9.78 Å². The molecule has 4 aromatic rings. The van der Waals surface area contributed by atoms with Crippen LogP contribution in [0.1, 0.15) is 24.2 Å². The number of aromatic nitrogens is 5. The number of hydrogen-bond donors (Lipinski definition) is 2. The second-order valence-corrected chi connectivity index (χ2v) is 10.4. The Kier molecular flexibility index (Phi) is 9.56. The van der Waals surface area contributed by atoms with E-state index in [2.05, 4.69) is 32.2 Å². The first-order valence-corrected chi connectivity index (χ1v) is 13.6. The molecule has 13 nitrogen and oxygen atoms in total. The lowest BCUT2D eigenvalue weighted by molar-refractivity contribution is -0.111. The number of hydrogen-bond acceptors (Lipinski definition) is 11. The molecule has 0 aromatic carbocycles. The fourth-order valence-electron chi connectivity index (χ4n) is 4.37. The number of fused-ring (bicyclic) bond motifs is 1. The van der Waals surface area contributed by atoms with Crippen LogP contribution in [-0.2, 0) is 16.6 Å². The van der Waals surface area contributed by atoms with E-state index >= 15 is 0 Å². The van der Waals surface area contributed by atoms with E-state index in [0.29, 0.717) is 35.0 Å². The number of carbonyl (C=O) groups excluding carboxylic acids is 2. The van der Waals surface area contributed by atoms with Crippen molar-refractivity contribution in [3.8, 4) is 17.1 Å². The molecule has 0 aliphatic heterocycles. The normalized spacial score (nSPS) is 11.1. The van der Waals surface area contributed by atoms with Gasteiger partial charge in [0.15, 0.2) is 5.82 Å². The number of pyridine rings is 2. The average molecular weight is 588 g/mol. The predicted molar refractivity (Wildman–Crippen MR) is 167 cm³/mol. The number of nitrogens with one attached hydrogen (secondary N) is 2. The smallest absolute Gasteiger partial charge is 0.342 e. The molecule has 0 unspecified atom stereocenters. The quantitative estimate of drug-likeness (QED) is 0.184. The summed E-state index contributed by atoms with van der Waals surface area (Å²) in [4.78, 5) is 47.5. The summed E-state index contributed by atoms with van der Waals surface area (Å²) in [7, 11) is 9.24. The third kappa shape index (κ3) is 7.07. The van der Waals surface area contributed by atoms with Gasteiger partial charge in [-0.25, -0.2) is 14.8 Å². The molecule has 2 N–H and O–H groups in total. The van der Waals surface area contributed by atoms with Gasteiger partial charge >= 0.3 is 5.97 Å². The van der Waals surface area contributed by atoms with Crippen LogP contribution in [0.5, 0.6) is 5.88 Å². The number of methoxy groups -OCH3 is 1. The van der Waals surface area contributed by atoms with E-state index in [1.54, 1.807) is 32.3 Å². The molecule has 0 atom stereocenters. The largest absolute Gasteiger partial charge is 0.479 e. The van der Waals surface area contributed by atoms with Crippen LogP contribution >= 0.6 is 0 Å². The third-order valence-electron chi connectivity index (χ3n) is 6.49. The molecule has 226 valence electrons. The third-order valence-corrected chi connectivity index (χ3v) is 6.49. The number of likely N-dealkylation sites (N-methyl/N-ethyl adjacent to an activating group) is 2. The number of esters is 1. The van der Waals surface area contributed by atoms with Crippen LogP contribution in [0, 0.1) is 0 Å². The predicted octanol–water partition coefficient (Wildman–Crippen LogP) is 3.87. The summed E-state index contributed by atoms with van der Waals surface area (Å²) in [6, 6.07) is 3.58. The molecular formula is C30H37N9O4. The van der Waals surface area contributed by atoms with E-state index in [1.807, 2.05) is 54.8 Å². The van der Waals surface area contributed by atoms with E-state index in [0.717, 1.165) is 17.4 Å². The van der Waals surface area contributed by atoms with Crippen molar-refractivity contribution in [1.29, 1.82) is 0 Å². The monoisotopic (exact) mass is 587 g/mol. The van der Waals surface area contributed by atoms with Crippen LogP contribution < -0.4 is 20.3 Å². The standard InChI is InChI=1S/C30H37N9O4/c1-9-25(40)33-22-14-23(28(42-8)36-27(22)38(6)13-12-37(4)5)34-30-32-16-20(29(41)43-18(2)3)26(35-30)21-17-39(7)24-10-11-31-15-19(21)24/h9-11,14-18H,1,12-13H2,2-8H3,(H,33,40)(H,32,34,35). The number of rotatable bonds is 12. The molecule has 0 fully saturated rings. The summed E-state index contributed by atoms with van der Waals surface area (Å²) in [5.74, 6) is 0.00141. The molecule has 0 saturated carbocycles. The molecule has 4 heterocycles. The molecule has 0 saturated heterocycles. The maximum atomic E-state index is 13.1. The molecule has 0 aliphatic carbocycles. The summed E-state index contributed by atoms with van der Waals surface area (Å²) in [6.45, 7) is 8.53. The number of aryl methyl sites for hydroxylation is 1. The Morgan fingerprint density at radius 3 is 2.58 bits per heavy atom. The van der Waals surface area contributed by atoms with Crippen LogP contribution in [0.2, 0.25) is 0 Å². The Morgan fingerprint density at radius 1 is 1.14 bits per heavy atom. The zero-order valence-electron chi connectivity index (χ0n) is 25.5. The van der Waals surface area contributed by atoms with Gasteiger partial charge in [0.1, 0.15) is 11.3 Å². The van der Waals surface area contributed by atoms with E-state index in [9.17, 15) is 9.59 Å². The van der Waals surface area contributed by atoms with Crippen LogP contribution in [0.4, 0.5) is 23.1 Å². The topological polar surface area (TPSA) is 140 Å². The zero-order valence-corrected chi connectivity index (χ0v) is 25.5. The summed E-state index contributed by atoms with van der Waals surface area (Å²) in [5, 5.41) is 6.79. The van der Waals surface area contributed by atoms with Crippen molar-refractivity contribution in [1.82, 2.24) is 29.4 Å². The van der Waals surface area contributed by atoms with Crippen molar-refractivity contribution in [3.63, 3.8) is 0 Å². The van der Waals surface area contributed by atoms with Gasteiger partial charge in [-0.1, -0.05) is 6.58 Å². The Labute approximate surface area is 250 Å². The van der Waals surface area contributed by atoms with Crippen molar-refractivity contribution in [2.75, 3.05) is 56.9 Å². The lowest BCUT2D eigenvalue weighted by Gasteiger charge is -2.24. The maximum Gasteiger partial charge on any atom is 0.342 e. The van der Waals surface area contributed by atoms with Crippen molar-refractivity contribution >= 4 is 45.9 Å². The van der Waals surface area contributed by atoms with Gasteiger partial charge in [-0.05, 0) is 46.2 Å². The first-order valence-electron chi connectivity index (χ1n) is 13.6. The molecule has 13 heteroatoms. The van der Waals surface area contributed by atoms with Crippen molar-refractivity contribution in [2.24, 2.45) is 7.05 Å². The Bertz CT molecular complexity index is 1650. The number of amides is 1. The minimum absolute atomic E-state index is 0.173. The highest BCUT2D eigenvalue weighted by atomic mass is 16.5. The second-order valence-electron chi connectivity index (χ2n) is 10.4. The minimum Gasteiger partial charge on any atom is -0.479 e. The number of carbonyl (C=O) groups is 2. The molecule has 43 heavy (non-hydrogen) atoms. The van der Waals surface area contributed by atoms with Gasteiger partial charge in [-0.2, -0.15) is 4.98 Å². The molecule has 0 radical (unpaired) electrons. The molecule has 4 aromatic heterocycles. The highest BCUT2D eigenvalue weighted by molar-refractivity contribution is 6.03. The summed E-state index contributed by atoms with van der Waals surface area (Å²) in [6.07, 6.45) is 7.59. The van der Waals surface area contributed by atoms with Gasteiger partial charge in [0.25, 0.3) is 0 Å². The first-order chi connectivity index (χ1) is 20.5. The van der Waals surface area contributed by atoms with Gasteiger partial charge in [-0.15, -0.1) is 0 Å². The van der Waals surface area contributed by atoms with Gasteiger partial charge in [0.05, 0.1) is 30.1 Å². The van der Waals surface area contributed by atoms with Crippen LogP contribution in [0.3, 0.4) is 0 Å². The lowest BCUT2D eigenvalue weighted by Crippen LogP contribution is -2.30. The van der Waals surface area contributed by atoms with E-state index in [4.69, 9.17) is 14.5 Å². The van der Waals surface area contributed by atoms with Crippen molar-refractivity contribution in [3.05, 3.63) is 55.1 Å². The molecule has 4 rings (SSSR count). The summed E-state index contributed by atoms with van der Waals surface area (Å²) >= 11 is 0. The highest BCUT2D eigenvalue weighted by Gasteiger charge is 2.23. The van der Waals surface area contributed by atoms with Crippen LogP contribution in [0.15, 0.2) is 49.6 Å². The maximum absolute atomic E-state index is 13.1. The van der Waals surface area contributed by atoms with Crippen LogP contribution in [-0.4, -0.2) is 88.7 Å². The minimum atomic E-state index is -0.545. The van der Waals surface area contributed by atoms with Crippen molar-refractivity contribution < 1.29 is 19.1 Å². The van der Waals surface area contributed by atoms with Crippen LogP contribution in [0.25, 0.3) is 22.2 Å².